The van der Waals surface area contributed by atoms with E-state index in [-0.39, 0.29) is 5.56 Å². The van der Waals surface area contributed by atoms with Gasteiger partial charge in [0.25, 0.3) is 5.56 Å². The van der Waals surface area contributed by atoms with Crippen molar-refractivity contribution >= 4 is 16.5 Å². The minimum Gasteiger partial charge on any atom is -0.362 e. The zero-order valence-electron chi connectivity index (χ0n) is 9.80. The molecule has 0 fully saturated rings. The Bertz CT molecular complexity index is 561. The first-order valence-corrected chi connectivity index (χ1v) is 6.23. The summed E-state index contributed by atoms with van der Waals surface area (Å²) in [7, 11) is 0. The van der Waals surface area contributed by atoms with Gasteiger partial charge in [0.05, 0.1) is 12.7 Å². The predicted octanol–water partition coefficient (Wildman–Crippen LogP) is 1.49. The molecule has 0 saturated carbocycles. The molecule has 0 saturated heterocycles. The highest BCUT2D eigenvalue weighted by Gasteiger charge is 2.04. The Morgan fingerprint density at radius 1 is 1.47 bits per heavy atom. The third-order valence-corrected chi connectivity index (χ3v) is 3.13. The summed E-state index contributed by atoms with van der Waals surface area (Å²) < 4.78 is 1.44. The van der Waals surface area contributed by atoms with Gasteiger partial charge in [-0.1, -0.05) is 0 Å². The molecule has 0 aliphatic carbocycles. The maximum atomic E-state index is 11.6. The Morgan fingerprint density at radius 3 is 3.00 bits per heavy atom. The first kappa shape index (κ1) is 11.8. The number of nitrogens with one attached hydrogen (secondary N) is 1. The molecule has 5 nitrogen and oxygen atoms in total. The predicted molar refractivity (Wildman–Crippen MR) is 68.6 cm³/mol. The molecule has 0 spiro atoms. The van der Waals surface area contributed by atoms with Gasteiger partial charge in [-0.05, 0) is 19.4 Å². The van der Waals surface area contributed by atoms with Crippen LogP contribution in [0.2, 0.25) is 0 Å². The van der Waals surface area contributed by atoms with Crippen molar-refractivity contribution in [3.05, 3.63) is 39.3 Å². The van der Waals surface area contributed by atoms with E-state index >= 15 is 0 Å². The SMILES string of the molecule is CCNc1ncc(Cn2ncc(C)cc2=O)s1. The molecule has 0 aliphatic heterocycles. The largest absolute Gasteiger partial charge is 0.362 e. The third kappa shape index (κ3) is 2.91. The Hall–Kier alpha value is -1.69. The van der Waals surface area contributed by atoms with Crippen LogP contribution in [-0.2, 0) is 6.54 Å². The van der Waals surface area contributed by atoms with E-state index in [0.29, 0.717) is 6.54 Å². The molecule has 0 radical (unpaired) electrons. The van der Waals surface area contributed by atoms with E-state index in [1.54, 1.807) is 29.8 Å². The van der Waals surface area contributed by atoms with Gasteiger partial charge in [-0.2, -0.15) is 5.10 Å². The quantitative estimate of drug-likeness (QED) is 0.893. The molecule has 0 aliphatic rings. The Morgan fingerprint density at radius 2 is 2.29 bits per heavy atom. The molecule has 0 amide bonds. The molecule has 2 aromatic heterocycles. The van der Waals surface area contributed by atoms with Crippen molar-refractivity contribution in [2.75, 3.05) is 11.9 Å². The van der Waals surface area contributed by atoms with E-state index in [1.165, 1.54) is 4.68 Å². The Kier molecular flexibility index (Phi) is 3.53. The molecule has 0 atom stereocenters. The van der Waals surface area contributed by atoms with Crippen LogP contribution in [0.4, 0.5) is 5.13 Å². The molecule has 1 N–H and O–H groups in total. The molecule has 0 unspecified atom stereocenters. The smallest absolute Gasteiger partial charge is 0.267 e. The summed E-state index contributed by atoms with van der Waals surface area (Å²) in [5.74, 6) is 0. The van der Waals surface area contributed by atoms with Crippen molar-refractivity contribution in [1.82, 2.24) is 14.8 Å². The lowest BCUT2D eigenvalue weighted by molar-refractivity contribution is 0.641. The highest BCUT2D eigenvalue weighted by molar-refractivity contribution is 7.15. The second kappa shape index (κ2) is 5.09. The lowest BCUT2D eigenvalue weighted by atomic mass is 10.3. The molecule has 0 bridgehead atoms. The number of aromatic nitrogens is 3. The second-order valence-corrected chi connectivity index (χ2v) is 4.81. The first-order valence-electron chi connectivity index (χ1n) is 5.41. The highest BCUT2D eigenvalue weighted by Crippen LogP contribution is 2.17. The molecule has 17 heavy (non-hydrogen) atoms. The van der Waals surface area contributed by atoms with E-state index in [4.69, 9.17) is 0 Å². The summed E-state index contributed by atoms with van der Waals surface area (Å²) in [4.78, 5) is 16.9. The van der Waals surface area contributed by atoms with Crippen LogP contribution in [0.5, 0.6) is 0 Å². The maximum absolute atomic E-state index is 11.6. The monoisotopic (exact) mass is 250 g/mol. The molecular weight excluding hydrogens is 236 g/mol. The van der Waals surface area contributed by atoms with Crippen molar-refractivity contribution in [3.63, 3.8) is 0 Å². The lowest BCUT2D eigenvalue weighted by Crippen LogP contribution is -2.22. The van der Waals surface area contributed by atoms with Crippen molar-refractivity contribution in [3.8, 4) is 0 Å². The van der Waals surface area contributed by atoms with Gasteiger partial charge in [-0.15, -0.1) is 11.3 Å². The summed E-state index contributed by atoms with van der Waals surface area (Å²) in [6.45, 7) is 5.19. The minimum atomic E-state index is -0.0802. The molecule has 90 valence electrons. The third-order valence-electron chi connectivity index (χ3n) is 2.19. The van der Waals surface area contributed by atoms with E-state index < -0.39 is 0 Å². The average Bonchev–Trinajstić information content (AvgIpc) is 2.71. The van der Waals surface area contributed by atoms with Gasteiger partial charge in [0.2, 0.25) is 0 Å². The van der Waals surface area contributed by atoms with Gasteiger partial charge >= 0.3 is 0 Å². The van der Waals surface area contributed by atoms with E-state index in [9.17, 15) is 4.79 Å². The number of aryl methyl sites for hydroxylation is 1. The average molecular weight is 250 g/mol. The van der Waals surface area contributed by atoms with Gasteiger partial charge in [0.15, 0.2) is 5.13 Å². The van der Waals surface area contributed by atoms with E-state index in [0.717, 1.165) is 22.1 Å². The van der Waals surface area contributed by atoms with Crippen LogP contribution in [0.3, 0.4) is 0 Å². The molecular formula is C11H14N4OS. The minimum absolute atomic E-state index is 0.0802. The normalized spacial score (nSPS) is 10.5. The van der Waals surface area contributed by atoms with Gasteiger partial charge in [-0.25, -0.2) is 9.67 Å². The molecule has 2 rings (SSSR count). The molecule has 6 heteroatoms. The number of anilines is 1. The molecule has 2 heterocycles. The van der Waals surface area contributed by atoms with Crippen molar-refractivity contribution in [2.24, 2.45) is 0 Å². The van der Waals surface area contributed by atoms with Gasteiger partial charge in [0, 0.05) is 23.7 Å². The number of hydrogen-bond acceptors (Lipinski definition) is 5. The van der Waals surface area contributed by atoms with Crippen molar-refractivity contribution in [1.29, 1.82) is 0 Å². The lowest BCUT2D eigenvalue weighted by Gasteiger charge is -2.01. The van der Waals surface area contributed by atoms with Crippen LogP contribution >= 0.6 is 11.3 Å². The summed E-state index contributed by atoms with van der Waals surface area (Å²) in [6.07, 6.45) is 3.46. The van der Waals surface area contributed by atoms with E-state index in [2.05, 4.69) is 15.4 Å². The van der Waals surface area contributed by atoms with Gasteiger partial charge < -0.3 is 5.32 Å². The van der Waals surface area contributed by atoms with Crippen LogP contribution in [-0.4, -0.2) is 21.3 Å². The molecule has 0 aromatic carbocycles. The molecule has 2 aromatic rings. The fraction of sp³-hybridized carbons (Fsp3) is 0.364. The highest BCUT2D eigenvalue weighted by atomic mass is 32.1. The number of rotatable bonds is 4. The fourth-order valence-corrected chi connectivity index (χ4v) is 2.27. The Balaban J connectivity index is 2.16. The van der Waals surface area contributed by atoms with Gasteiger partial charge in [0.1, 0.15) is 0 Å². The zero-order chi connectivity index (χ0) is 12.3. The van der Waals surface area contributed by atoms with Crippen LogP contribution in [0, 0.1) is 6.92 Å². The summed E-state index contributed by atoms with van der Waals surface area (Å²) in [5.41, 5.74) is 0.798. The van der Waals surface area contributed by atoms with Gasteiger partial charge in [-0.3, -0.25) is 4.79 Å². The number of thiazole rings is 1. The topological polar surface area (TPSA) is 59.8 Å². The van der Waals surface area contributed by atoms with E-state index in [1.807, 2.05) is 13.8 Å². The van der Waals surface area contributed by atoms with Crippen LogP contribution in [0.15, 0.2) is 23.3 Å². The van der Waals surface area contributed by atoms with Crippen LogP contribution in [0.1, 0.15) is 17.4 Å². The standard InChI is InChI=1S/C11H14N4OS/c1-3-12-11-13-6-9(17-11)7-15-10(16)4-8(2)5-14-15/h4-6H,3,7H2,1-2H3,(H,12,13). The number of hydrogen-bond donors (Lipinski definition) is 1. The zero-order valence-corrected chi connectivity index (χ0v) is 10.6. The second-order valence-electron chi connectivity index (χ2n) is 3.69. The maximum Gasteiger partial charge on any atom is 0.267 e. The summed E-state index contributed by atoms with van der Waals surface area (Å²) in [6, 6.07) is 1.58. The Labute approximate surface area is 103 Å². The van der Waals surface area contributed by atoms with Crippen molar-refractivity contribution in [2.45, 2.75) is 20.4 Å². The fourth-order valence-electron chi connectivity index (χ4n) is 1.40. The summed E-state index contributed by atoms with van der Waals surface area (Å²) >= 11 is 1.54. The van der Waals surface area contributed by atoms with Crippen LogP contribution < -0.4 is 10.9 Å². The van der Waals surface area contributed by atoms with Crippen LogP contribution in [0.25, 0.3) is 0 Å². The van der Waals surface area contributed by atoms with Crippen molar-refractivity contribution < 1.29 is 0 Å². The first-order chi connectivity index (χ1) is 8.19. The number of nitrogens with zero attached hydrogens (tertiary/aromatic N) is 3. The summed E-state index contributed by atoms with van der Waals surface area (Å²) in [5, 5.41) is 8.11.